The van der Waals surface area contributed by atoms with E-state index in [2.05, 4.69) is 5.32 Å². The van der Waals surface area contributed by atoms with Gasteiger partial charge in [0.25, 0.3) is 5.91 Å². The normalized spacial score (nSPS) is 11.2. The minimum atomic E-state index is -0.610. The average molecular weight is 364 g/mol. The molecule has 0 aromatic heterocycles. The maximum absolute atomic E-state index is 11.9. The highest BCUT2D eigenvalue weighted by Crippen LogP contribution is 2.27. The van der Waals surface area contributed by atoms with E-state index in [4.69, 9.17) is 22.1 Å². The first-order valence-corrected chi connectivity index (χ1v) is 7.53. The van der Waals surface area contributed by atoms with Gasteiger partial charge in [-0.3, -0.25) is 9.59 Å². The van der Waals surface area contributed by atoms with Gasteiger partial charge in [0.05, 0.1) is 11.1 Å². The van der Waals surface area contributed by atoms with Crippen molar-refractivity contribution in [3.05, 3.63) is 23.2 Å². The van der Waals surface area contributed by atoms with Gasteiger partial charge in [0.15, 0.2) is 6.61 Å². The van der Waals surface area contributed by atoms with Gasteiger partial charge in [-0.25, -0.2) is 0 Å². The molecule has 0 fully saturated rings. The first kappa shape index (κ1) is 21.5. The van der Waals surface area contributed by atoms with E-state index in [0.29, 0.717) is 29.5 Å². The number of rotatable bonds is 7. The van der Waals surface area contributed by atoms with Crippen molar-refractivity contribution >= 4 is 41.5 Å². The summed E-state index contributed by atoms with van der Waals surface area (Å²) >= 11 is 6.09. The predicted molar refractivity (Wildman–Crippen MR) is 94.4 cm³/mol. The van der Waals surface area contributed by atoms with Gasteiger partial charge in [0, 0.05) is 18.8 Å². The lowest BCUT2D eigenvalue weighted by molar-refractivity contribution is -0.133. The molecule has 0 aliphatic heterocycles. The molecule has 1 aromatic carbocycles. The molecule has 8 heteroatoms. The van der Waals surface area contributed by atoms with Crippen molar-refractivity contribution in [2.45, 2.75) is 26.8 Å². The molecule has 1 aromatic rings. The Morgan fingerprint density at radius 1 is 1.35 bits per heavy atom. The molecule has 0 saturated carbocycles. The molecule has 1 unspecified atom stereocenters. The van der Waals surface area contributed by atoms with Gasteiger partial charge >= 0.3 is 0 Å². The third-order valence-electron chi connectivity index (χ3n) is 3.08. The fourth-order valence-corrected chi connectivity index (χ4v) is 1.99. The van der Waals surface area contributed by atoms with Gasteiger partial charge in [-0.1, -0.05) is 11.6 Å². The highest BCUT2D eigenvalue weighted by Gasteiger charge is 2.13. The Labute approximate surface area is 147 Å². The highest BCUT2D eigenvalue weighted by atomic mass is 35.5. The summed E-state index contributed by atoms with van der Waals surface area (Å²) < 4.78 is 5.43. The number of nitrogens with zero attached hydrogens (tertiary/aromatic N) is 1. The molecule has 130 valence electrons. The predicted octanol–water partition coefficient (Wildman–Crippen LogP) is 2.29. The Morgan fingerprint density at radius 2 is 1.96 bits per heavy atom. The summed E-state index contributed by atoms with van der Waals surface area (Å²) in [5.41, 5.74) is 6.00. The largest absolute Gasteiger partial charge is 0.482 e. The molecule has 0 aliphatic carbocycles. The number of nitrogens with two attached hydrogens (primary N) is 1. The van der Waals surface area contributed by atoms with Crippen LogP contribution >= 0.6 is 24.0 Å². The van der Waals surface area contributed by atoms with Crippen LogP contribution in [-0.2, 0) is 9.59 Å². The number of benzene rings is 1. The lowest BCUT2D eigenvalue weighted by atomic mass is 10.2. The second-order valence-electron chi connectivity index (χ2n) is 4.78. The fraction of sp³-hybridized carbons (Fsp3) is 0.467. The van der Waals surface area contributed by atoms with Crippen LogP contribution in [0.5, 0.6) is 5.75 Å². The average Bonchev–Trinajstić information content (AvgIpc) is 2.47. The Kier molecular flexibility index (Phi) is 9.64. The first-order valence-electron chi connectivity index (χ1n) is 7.15. The summed E-state index contributed by atoms with van der Waals surface area (Å²) in [6.45, 7) is 6.60. The summed E-state index contributed by atoms with van der Waals surface area (Å²) in [6, 6.07) is 4.19. The van der Waals surface area contributed by atoms with E-state index < -0.39 is 6.04 Å². The van der Waals surface area contributed by atoms with Gasteiger partial charge in [-0.15, -0.1) is 12.4 Å². The Bertz CT molecular complexity index is 535. The van der Waals surface area contributed by atoms with Crippen molar-refractivity contribution in [1.82, 2.24) is 4.90 Å². The highest BCUT2D eigenvalue weighted by molar-refractivity contribution is 6.32. The topological polar surface area (TPSA) is 84.7 Å². The number of anilines is 1. The molecule has 0 spiro atoms. The Balaban J connectivity index is 0.00000484. The molecule has 0 saturated heterocycles. The van der Waals surface area contributed by atoms with Gasteiger partial charge in [-0.2, -0.15) is 0 Å². The van der Waals surface area contributed by atoms with E-state index >= 15 is 0 Å². The smallest absolute Gasteiger partial charge is 0.260 e. The van der Waals surface area contributed by atoms with Crippen LogP contribution in [0.1, 0.15) is 20.8 Å². The summed E-state index contributed by atoms with van der Waals surface area (Å²) in [6.07, 6.45) is 0. The van der Waals surface area contributed by atoms with Crippen molar-refractivity contribution in [3.8, 4) is 5.75 Å². The van der Waals surface area contributed by atoms with Crippen LogP contribution in [0.25, 0.3) is 0 Å². The molecule has 23 heavy (non-hydrogen) atoms. The van der Waals surface area contributed by atoms with Gasteiger partial charge in [0.1, 0.15) is 5.75 Å². The number of hydrogen-bond donors (Lipinski definition) is 2. The van der Waals surface area contributed by atoms with E-state index in [-0.39, 0.29) is 30.8 Å². The fourth-order valence-electron chi connectivity index (χ4n) is 1.76. The molecule has 6 nitrogen and oxygen atoms in total. The monoisotopic (exact) mass is 363 g/mol. The Morgan fingerprint density at radius 3 is 2.43 bits per heavy atom. The Hall–Kier alpha value is -1.50. The van der Waals surface area contributed by atoms with Crippen molar-refractivity contribution in [2.75, 3.05) is 25.0 Å². The standard InChI is InChI=1S/C15H22ClN3O3.ClH/c1-4-19(5-2)14(20)9-22-13-7-6-11(8-12(13)16)18-15(21)10(3)17;/h6-8,10H,4-5,9,17H2,1-3H3,(H,18,21);1H. The van der Waals surface area contributed by atoms with Gasteiger partial charge < -0.3 is 20.7 Å². The van der Waals surface area contributed by atoms with Crippen LogP contribution in [0, 0.1) is 0 Å². The zero-order valence-corrected chi connectivity index (χ0v) is 15.0. The molecule has 0 radical (unpaired) electrons. The summed E-state index contributed by atoms with van der Waals surface area (Å²) in [4.78, 5) is 25.0. The maximum Gasteiger partial charge on any atom is 0.260 e. The van der Waals surface area contributed by atoms with Crippen LogP contribution in [-0.4, -0.2) is 42.5 Å². The third-order valence-corrected chi connectivity index (χ3v) is 3.38. The molecule has 3 N–H and O–H groups in total. The van der Waals surface area contributed by atoms with Crippen molar-refractivity contribution < 1.29 is 14.3 Å². The molecular formula is C15H23Cl2N3O3. The molecule has 1 rings (SSSR count). The number of likely N-dealkylation sites (N-methyl/N-ethyl adjacent to an activating group) is 1. The summed E-state index contributed by atoms with van der Waals surface area (Å²) in [5, 5.41) is 2.95. The van der Waals surface area contributed by atoms with E-state index in [1.54, 1.807) is 30.0 Å². The molecule has 1 atom stereocenters. The zero-order chi connectivity index (χ0) is 16.7. The molecule has 0 bridgehead atoms. The molecule has 2 amide bonds. The first-order chi connectivity index (χ1) is 10.4. The number of carbonyl (C=O) groups is 2. The van der Waals surface area contributed by atoms with Crippen molar-refractivity contribution in [3.63, 3.8) is 0 Å². The second kappa shape index (κ2) is 10.3. The lowest BCUT2D eigenvalue weighted by Gasteiger charge is -2.19. The van der Waals surface area contributed by atoms with Crippen molar-refractivity contribution in [1.29, 1.82) is 0 Å². The quantitative estimate of drug-likeness (QED) is 0.778. The van der Waals surface area contributed by atoms with Crippen molar-refractivity contribution in [2.24, 2.45) is 5.73 Å². The van der Waals surface area contributed by atoms with Crippen LogP contribution < -0.4 is 15.8 Å². The van der Waals surface area contributed by atoms with E-state index in [1.165, 1.54) is 0 Å². The van der Waals surface area contributed by atoms with Crippen LogP contribution in [0.2, 0.25) is 5.02 Å². The summed E-state index contributed by atoms with van der Waals surface area (Å²) in [7, 11) is 0. The minimum Gasteiger partial charge on any atom is -0.482 e. The van der Waals surface area contributed by atoms with Crippen LogP contribution in [0.15, 0.2) is 18.2 Å². The number of halogens is 2. The van der Waals surface area contributed by atoms with Crippen LogP contribution in [0.3, 0.4) is 0 Å². The minimum absolute atomic E-state index is 0. The molecular weight excluding hydrogens is 341 g/mol. The SMILES string of the molecule is CCN(CC)C(=O)COc1ccc(NC(=O)C(C)N)cc1Cl.Cl. The zero-order valence-electron chi connectivity index (χ0n) is 13.5. The number of amides is 2. The molecule has 0 heterocycles. The third kappa shape index (κ3) is 6.64. The number of ether oxygens (including phenoxy) is 1. The van der Waals surface area contributed by atoms with E-state index in [9.17, 15) is 9.59 Å². The maximum atomic E-state index is 11.9. The summed E-state index contributed by atoms with van der Waals surface area (Å²) in [5.74, 6) is -0.0159. The lowest BCUT2D eigenvalue weighted by Crippen LogP contribution is -2.34. The van der Waals surface area contributed by atoms with Crippen LogP contribution in [0.4, 0.5) is 5.69 Å². The van der Waals surface area contributed by atoms with E-state index in [1.807, 2.05) is 13.8 Å². The van der Waals surface area contributed by atoms with Gasteiger partial charge in [-0.05, 0) is 39.0 Å². The van der Waals surface area contributed by atoms with E-state index in [0.717, 1.165) is 0 Å². The van der Waals surface area contributed by atoms with Gasteiger partial charge in [0.2, 0.25) is 5.91 Å². The number of carbonyl (C=O) groups excluding carboxylic acids is 2. The second-order valence-corrected chi connectivity index (χ2v) is 5.19. The number of hydrogen-bond acceptors (Lipinski definition) is 4. The molecule has 0 aliphatic rings. The number of nitrogens with one attached hydrogen (secondary N) is 1.